The Labute approximate surface area is 107 Å². The number of amides is 1. The number of phenolic OH excluding ortho intramolecular Hbond substituents is 1. The predicted octanol–water partition coefficient (Wildman–Crippen LogP) is 1.53. The van der Waals surface area contributed by atoms with Gasteiger partial charge in [-0.15, -0.1) is 0 Å². The third-order valence-electron chi connectivity index (χ3n) is 3.72. The summed E-state index contributed by atoms with van der Waals surface area (Å²) in [6.45, 7) is 0.759. The van der Waals surface area contributed by atoms with Crippen LogP contribution in [0.2, 0.25) is 0 Å². The highest BCUT2D eigenvalue weighted by Crippen LogP contribution is 2.30. The van der Waals surface area contributed by atoms with Gasteiger partial charge >= 0.3 is 0 Å². The van der Waals surface area contributed by atoms with Crippen molar-refractivity contribution in [3.63, 3.8) is 0 Å². The number of para-hydroxylation sites is 1. The molecule has 0 spiro atoms. The van der Waals surface area contributed by atoms with Gasteiger partial charge in [0.15, 0.2) is 0 Å². The molecule has 98 valence electrons. The maximum Gasteiger partial charge on any atom is 0.255 e. The molecular formula is C14H19NO3. The minimum Gasteiger partial charge on any atom is -0.507 e. The van der Waals surface area contributed by atoms with Crippen LogP contribution in [0.25, 0.3) is 0 Å². The van der Waals surface area contributed by atoms with Crippen LogP contribution in [0, 0.1) is 11.8 Å². The second-order valence-electron chi connectivity index (χ2n) is 4.86. The molecule has 4 nitrogen and oxygen atoms in total. The molecule has 0 bridgehead atoms. The van der Waals surface area contributed by atoms with Crippen molar-refractivity contribution < 1.29 is 15.0 Å². The molecule has 1 aromatic rings. The highest BCUT2D eigenvalue weighted by atomic mass is 16.3. The van der Waals surface area contributed by atoms with Gasteiger partial charge in [-0.05, 0) is 36.8 Å². The molecule has 4 heteroatoms. The molecule has 1 saturated carbocycles. The number of benzene rings is 1. The first-order chi connectivity index (χ1) is 8.72. The molecule has 1 aromatic carbocycles. The van der Waals surface area contributed by atoms with Gasteiger partial charge in [-0.2, -0.15) is 0 Å². The van der Waals surface area contributed by atoms with E-state index in [1.54, 1.807) is 18.2 Å². The van der Waals surface area contributed by atoms with Crippen molar-refractivity contribution in [2.75, 3.05) is 13.2 Å². The van der Waals surface area contributed by atoms with Crippen LogP contribution in [-0.2, 0) is 0 Å². The van der Waals surface area contributed by atoms with E-state index >= 15 is 0 Å². The summed E-state index contributed by atoms with van der Waals surface area (Å²) in [7, 11) is 0. The van der Waals surface area contributed by atoms with E-state index in [2.05, 4.69) is 5.32 Å². The lowest BCUT2D eigenvalue weighted by atomic mass is 9.97. The van der Waals surface area contributed by atoms with E-state index in [1.807, 2.05) is 0 Å². The number of aliphatic hydroxyl groups excluding tert-OH is 1. The zero-order valence-electron chi connectivity index (χ0n) is 10.3. The Morgan fingerprint density at radius 2 is 2.00 bits per heavy atom. The van der Waals surface area contributed by atoms with Crippen LogP contribution in [-0.4, -0.2) is 29.3 Å². The number of aromatic hydroxyl groups is 1. The summed E-state index contributed by atoms with van der Waals surface area (Å²) >= 11 is 0. The van der Waals surface area contributed by atoms with Crippen molar-refractivity contribution in [1.82, 2.24) is 5.32 Å². The van der Waals surface area contributed by atoms with E-state index in [0.29, 0.717) is 23.9 Å². The van der Waals surface area contributed by atoms with Gasteiger partial charge in [-0.25, -0.2) is 0 Å². The maximum absolute atomic E-state index is 11.9. The minimum atomic E-state index is -0.253. The summed E-state index contributed by atoms with van der Waals surface area (Å²) in [6.07, 6.45) is 3.20. The number of rotatable bonds is 4. The van der Waals surface area contributed by atoms with Gasteiger partial charge in [0.2, 0.25) is 0 Å². The van der Waals surface area contributed by atoms with Crippen LogP contribution >= 0.6 is 0 Å². The number of carbonyl (C=O) groups excluding carboxylic acids is 1. The van der Waals surface area contributed by atoms with Crippen LogP contribution < -0.4 is 5.32 Å². The first kappa shape index (κ1) is 12.9. The number of phenols is 1. The SMILES string of the molecule is O=C(NCC1CCCC1CO)c1ccccc1O. The van der Waals surface area contributed by atoms with E-state index in [4.69, 9.17) is 0 Å². The maximum atomic E-state index is 11.9. The lowest BCUT2D eigenvalue weighted by molar-refractivity contribution is 0.0935. The highest BCUT2D eigenvalue weighted by molar-refractivity contribution is 5.96. The van der Waals surface area contributed by atoms with E-state index < -0.39 is 0 Å². The second-order valence-corrected chi connectivity index (χ2v) is 4.86. The fourth-order valence-corrected chi connectivity index (χ4v) is 2.61. The largest absolute Gasteiger partial charge is 0.507 e. The van der Waals surface area contributed by atoms with E-state index in [1.165, 1.54) is 6.07 Å². The number of carbonyl (C=O) groups is 1. The summed E-state index contributed by atoms with van der Waals surface area (Å²) in [5.74, 6) is 0.399. The number of hydrogen-bond acceptors (Lipinski definition) is 3. The average Bonchev–Trinajstić information content (AvgIpc) is 2.84. The van der Waals surface area contributed by atoms with Crippen LogP contribution in [0.5, 0.6) is 5.75 Å². The monoisotopic (exact) mass is 249 g/mol. The molecule has 1 fully saturated rings. The van der Waals surface area contributed by atoms with Crippen molar-refractivity contribution in [1.29, 1.82) is 0 Å². The van der Waals surface area contributed by atoms with Crippen LogP contribution in [0.15, 0.2) is 24.3 Å². The van der Waals surface area contributed by atoms with Crippen molar-refractivity contribution in [3.05, 3.63) is 29.8 Å². The smallest absolute Gasteiger partial charge is 0.255 e. The molecule has 0 aromatic heterocycles. The molecular weight excluding hydrogens is 230 g/mol. The molecule has 18 heavy (non-hydrogen) atoms. The summed E-state index contributed by atoms with van der Waals surface area (Å²) in [6, 6.07) is 6.51. The first-order valence-corrected chi connectivity index (χ1v) is 6.39. The van der Waals surface area contributed by atoms with Crippen molar-refractivity contribution in [2.45, 2.75) is 19.3 Å². The van der Waals surface area contributed by atoms with Crippen LogP contribution in [0.3, 0.4) is 0 Å². The Morgan fingerprint density at radius 1 is 1.28 bits per heavy atom. The standard InChI is InChI=1S/C14H19NO3/c16-9-11-5-3-4-10(11)8-15-14(18)12-6-1-2-7-13(12)17/h1-2,6-7,10-11,16-17H,3-5,8-9H2,(H,15,18). The summed E-state index contributed by atoms with van der Waals surface area (Å²) in [4.78, 5) is 11.9. The highest BCUT2D eigenvalue weighted by Gasteiger charge is 2.26. The second kappa shape index (κ2) is 5.87. The number of nitrogens with one attached hydrogen (secondary N) is 1. The molecule has 0 aliphatic heterocycles. The average molecular weight is 249 g/mol. The third-order valence-corrected chi connectivity index (χ3v) is 3.72. The van der Waals surface area contributed by atoms with Gasteiger partial charge < -0.3 is 15.5 Å². The van der Waals surface area contributed by atoms with E-state index in [0.717, 1.165) is 19.3 Å². The van der Waals surface area contributed by atoms with Crippen LogP contribution in [0.4, 0.5) is 0 Å². The lowest BCUT2D eigenvalue weighted by Crippen LogP contribution is -2.31. The van der Waals surface area contributed by atoms with E-state index in [-0.39, 0.29) is 18.3 Å². The quantitative estimate of drug-likeness (QED) is 0.758. The van der Waals surface area contributed by atoms with Gasteiger partial charge in [0.05, 0.1) is 5.56 Å². The number of hydrogen-bond donors (Lipinski definition) is 3. The normalized spacial score (nSPS) is 22.9. The zero-order chi connectivity index (χ0) is 13.0. The molecule has 1 aliphatic rings. The molecule has 0 heterocycles. The van der Waals surface area contributed by atoms with Gasteiger partial charge in [0.25, 0.3) is 5.91 Å². The van der Waals surface area contributed by atoms with Crippen LogP contribution in [0.1, 0.15) is 29.6 Å². The fraction of sp³-hybridized carbons (Fsp3) is 0.500. The Hall–Kier alpha value is -1.55. The summed E-state index contributed by atoms with van der Waals surface area (Å²) in [5, 5.41) is 21.6. The van der Waals surface area contributed by atoms with Gasteiger partial charge in [0.1, 0.15) is 5.75 Å². The molecule has 2 rings (SSSR count). The Bertz CT molecular complexity index is 419. The summed E-state index contributed by atoms with van der Waals surface area (Å²) < 4.78 is 0. The van der Waals surface area contributed by atoms with Crippen molar-refractivity contribution in [2.24, 2.45) is 11.8 Å². The zero-order valence-corrected chi connectivity index (χ0v) is 10.3. The summed E-state index contributed by atoms with van der Waals surface area (Å²) in [5.41, 5.74) is 0.302. The topological polar surface area (TPSA) is 69.6 Å². The Morgan fingerprint density at radius 3 is 2.72 bits per heavy atom. The lowest BCUT2D eigenvalue weighted by Gasteiger charge is -2.17. The molecule has 1 amide bonds. The fourth-order valence-electron chi connectivity index (χ4n) is 2.61. The molecule has 0 radical (unpaired) electrons. The number of aliphatic hydroxyl groups is 1. The molecule has 0 saturated heterocycles. The molecule has 2 unspecified atom stereocenters. The Balaban J connectivity index is 1.91. The minimum absolute atomic E-state index is 0.000120. The van der Waals surface area contributed by atoms with Gasteiger partial charge in [-0.3, -0.25) is 4.79 Å². The molecule has 2 atom stereocenters. The van der Waals surface area contributed by atoms with Gasteiger partial charge in [0, 0.05) is 13.2 Å². The molecule has 3 N–H and O–H groups in total. The first-order valence-electron chi connectivity index (χ1n) is 6.39. The predicted molar refractivity (Wildman–Crippen MR) is 68.4 cm³/mol. The Kier molecular flexibility index (Phi) is 4.20. The third kappa shape index (κ3) is 2.82. The van der Waals surface area contributed by atoms with E-state index in [9.17, 15) is 15.0 Å². The van der Waals surface area contributed by atoms with Gasteiger partial charge in [-0.1, -0.05) is 18.6 Å². The van der Waals surface area contributed by atoms with Crippen molar-refractivity contribution in [3.8, 4) is 5.75 Å². The molecule has 1 aliphatic carbocycles. The van der Waals surface area contributed by atoms with Crippen molar-refractivity contribution >= 4 is 5.91 Å².